The topological polar surface area (TPSA) is 106 Å². The van der Waals surface area contributed by atoms with E-state index < -0.39 is 10.1 Å². The van der Waals surface area contributed by atoms with Gasteiger partial charge >= 0.3 is 0 Å². The maximum atomic E-state index is 11.2. The highest BCUT2D eigenvalue weighted by molar-refractivity contribution is 7.86. The van der Waals surface area contributed by atoms with Crippen LogP contribution in [-0.2, 0) is 20.8 Å². The van der Waals surface area contributed by atoms with Crippen LogP contribution < -0.4 is 10.2 Å². The molecule has 0 aliphatic heterocycles. The lowest BCUT2D eigenvalue weighted by molar-refractivity contribution is -0.750. The van der Waals surface area contributed by atoms with Gasteiger partial charge in [-0.1, -0.05) is 4.68 Å². The summed E-state index contributed by atoms with van der Waals surface area (Å²) < 4.78 is 28.2. The number of aryl methyl sites for hydroxylation is 1. The Morgan fingerprint density at radius 2 is 2.25 bits per heavy atom. The van der Waals surface area contributed by atoms with Gasteiger partial charge in [0.05, 0.1) is 19.1 Å². The summed E-state index contributed by atoms with van der Waals surface area (Å²) in [6, 6.07) is 3.06. The van der Waals surface area contributed by atoms with Crippen LogP contribution in [0.2, 0.25) is 0 Å². The molecule has 9 heteroatoms. The van der Waals surface area contributed by atoms with E-state index in [1.54, 1.807) is 12.3 Å². The summed E-state index contributed by atoms with van der Waals surface area (Å²) >= 11 is 0. The van der Waals surface area contributed by atoms with E-state index in [1.807, 2.05) is 0 Å². The minimum absolute atomic E-state index is 0.163. The van der Waals surface area contributed by atoms with Crippen molar-refractivity contribution in [1.82, 2.24) is 15.1 Å². The van der Waals surface area contributed by atoms with Crippen molar-refractivity contribution in [2.75, 3.05) is 12.9 Å². The van der Waals surface area contributed by atoms with Gasteiger partial charge in [-0.15, -0.1) is 0 Å². The first-order chi connectivity index (χ1) is 9.50. The number of rotatable bonds is 5. The third kappa shape index (κ3) is 3.68. The normalized spacial score (nSPS) is 11.4. The summed E-state index contributed by atoms with van der Waals surface area (Å²) in [5.74, 6) is -0.163. The Balaban J connectivity index is 2.13. The molecule has 8 nitrogen and oxygen atoms in total. The Bertz CT molecular complexity index is 740. The average molecular weight is 297 g/mol. The molecule has 0 aromatic carbocycles. The van der Waals surface area contributed by atoms with Gasteiger partial charge in [0.25, 0.3) is 15.7 Å². The Labute approximate surface area is 115 Å². The van der Waals surface area contributed by atoms with Crippen molar-refractivity contribution in [1.29, 1.82) is 0 Å². The third-order valence-electron chi connectivity index (χ3n) is 2.57. The Morgan fingerprint density at radius 1 is 1.45 bits per heavy atom. The first-order valence-corrected chi connectivity index (χ1v) is 7.27. The molecule has 0 fully saturated rings. The summed E-state index contributed by atoms with van der Waals surface area (Å²) in [4.78, 5) is 17.6. The fraction of sp³-hybridized carbons (Fsp3) is 0.273. The van der Waals surface area contributed by atoms with E-state index in [4.69, 9.17) is 0 Å². The first-order valence-electron chi connectivity index (χ1n) is 5.69. The largest absolute Gasteiger partial charge is 0.313 e. The molecule has 2 aromatic heterocycles. The van der Waals surface area contributed by atoms with Crippen molar-refractivity contribution < 1.29 is 17.3 Å². The van der Waals surface area contributed by atoms with Crippen molar-refractivity contribution in [3.05, 3.63) is 41.2 Å². The van der Waals surface area contributed by atoms with E-state index >= 15 is 0 Å². The molecule has 2 heterocycles. The van der Waals surface area contributed by atoms with Crippen LogP contribution in [0.1, 0.15) is 0 Å². The van der Waals surface area contributed by atoms with E-state index in [-0.39, 0.29) is 17.9 Å². The molecular formula is C11H13N4O4S+. The minimum Gasteiger partial charge on any atom is -0.313 e. The predicted octanol–water partition coefficient (Wildman–Crippen LogP) is -0.904. The highest BCUT2D eigenvalue weighted by atomic mass is 32.2. The fourth-order valence-corrected chi connectivity index (χ4v) is 2.06. The van der Waals surface area contributed by atoms with Crippen LogP contribution in [0.5, 0.6) is 0 Å². The van der Waals surface area contributed by atoms with E-state index in [0.717, 1.165) is 7.11 Å². The lowest BCUT2D eigenvalue weighted by atomic mass is 10.2. The standard InChI is InChI=1S/C11H12N4O4S/c1-19-20(17,18)5-4-15-3-2-9(7-14-15)10-6-11(16)13-8-12-10/h2-3,6-8H,4-5H2,1H3/p+1. The maximum Gasteiger partial charge on any atom is 0.273 e. The van der Waals surface area contributed by atoms with Crippen LogP contribution in [0.25, 0.3) is 11.3 Å². The predicted molar refractivity (Wildman–Crippen MR) is 69.1 cm³/mol. The van der Waals surface area contributed by atoms with E-state index in [9.17, 15) is 13.2 Å². The molecule has 0 atom stereocenters. The molecule has 0 aliphatic rings. The van der Waals surface area contributed by atoms with E-state index in [0.29, 0.717) is 11.3 Å². The maximum absolute atomic E-state index is 11.2. The Morgan fingerprint density at radius 3 is 2.85 bits per heavy atom. The van der Waals surface area contributed by atoms with Gasteiger partial charge in [0.15, 0.2) is 12.7 Å². The van der Waals surface area contributed by atoms with Gasteiger partial charge in [-0.2, -0.15) is 8.42 Å². The zero-order valence-corrected chi connectivity index (χ0v) is 11.5. The van der Waals surface area contributed by atoms with Gasteiger partial charge in [-0.25, -0.2) is 4.98 Å². The van der Waals surface area contributed by atoms with Gasteiger partial charge < -0.3 is 4.98 Å². The molecule has 1 N–H and O–H groups in total. The fourth-order valence-electron chi connectivity index (χ4n) is 1.48. The number of nitrogens with zero attached hydrogens (tertiary/aromatic N) is 3. The monoisotopic (exact) mass is 297 g/mol. The Kier molecular flexibility index (Phi) is 4.20. The van der Waals surface area contributed by atoms with E-state index in [2.05, 4.69) is 19.2 Å². The zero-order chi connectivity index (χ0) is 14.6. The SMILES string of the molecule is COS(=O)(=O)CC[n+]1ccc(-c2cc(=O)[nH]cn2)cn1. The molecule has 0 bridgehead atoms. The molecule has 2 aromatic rings. The summed E-state index contributed by atoms with van der Waals surface area (Å²) in [7, 11) is -2.38. The lowest BCUT2D eigenvalue weighted by Gasteiger charge is -1.99. The smallest absolute Gasteiger partial charge is 0.273 e. The molecule has 0 saturated carbocycles. The second-order valence-electron chi connectivity index (χ2n) is 3.90. The number of aromatic amines is 1. The highest BCUT2D eigenvalue weighted by Crippen LogP contribution is 2.10. The summed E-state index contributed by atoms with van der Waals surface area (Å²) in [5, 5.41) is 4.07. The molecule has 2 rings (SSSR count). The highest BCUT2D eigenvalue weighted by Gasteiger charge is 2.14. The van der Waals surface area contributed by atoms with Gasteiger partial charge in [-0.3, -0.25) is 8.98 Å². The number of nitrogens with one attached hydrogen (secondary N) is 1. The van der Waals surface area contributed by atoms with Crippen LogP contribution in [-0.4, -0.2) is 36.3 Å². The molecule has 0 saturated heterocycles. The quantitative estimate of drug-likeness (QED) is 0.566. The first kappa shape index (κ1) is 14.3. The molecule has 0 unspecified atom stereocenters. The van der Waals surface area contributed by atoms with Crippen molar-refractivity contribution >= 4 is 10.1 Å². The van der Waals surface area contributed by atoms with Crippen molar-refractivity contribution in [2.45, 2.75) is 6.54 Å². The number of hydrogen-bond acceptors (Lipinski definition) is 6. The second-order valence-corrected chi connectivity index (χ2v) is 5.76. The van der Waals surface area contributed by atoms with Crippen molar-refractivity contribution in [3.8, 4) is 11.3 Å². The molecule has 106 valence electrons. The van der Waals surface area contributed by atoms with Gasteiger partial charge in [-0.05, 0) is 5.10 Å². The molecule has 0 spiro atoms. The summed E-state index contributed by atoms with van der Waals surface area (Å²) in [6.45, 7) is 0.180. The average Bonchev–Trinajstić information content (AvgIpc) is 2.46. The Hall–Kier alpha value is -2.13. The lowest BCUT2D eigenvalue weighted by Crippen LogP contribution is -2.40. The summed E-state index contributed by atoms with van der Waals surface area (Å²) in [5.41, 5.74) is 0.915. The van der Waals surface area contributed by atoms with Crippen LogP contribution in [0.4, 0.5) is 0 Å². The molecule has 20 heavy (non-hydrogen) atoms. The van der Waals surface area contributed by atoms with Crippen LogP contribution in [0.3, 0.4) is 0 Å². The molecular weight excluding hydrogens is 284 g/mol. The minimum atomic E-state index is -3.50. The molecule has 0 amide bonds. The zero-order valence-electron chi connectivity index (χ0n) is 10.7. The second kappa shape index (κ2) is 5.88. The van der Waals surface area contributed by atoms with Gasteiger partial charge in [0.1, 0.15) is 11.9 Å². The molecule has 0 aliphatic carbocycles. The van der Waals surface area contributed by atoms with Crippen LogP contribution >= 0.6 is 0 Å². The van der Waals surface area contributed by atoms with Crippen molar-refractivity contribution in [3.63, 3.8) is 0 Å². The van der Waals surface area contributed by atoms with Crippen LogP contribution in [0.15, 0.2) is 35.6 Å². The number of H-pyrrole nitrogens is 1. The van der Waals surface area contributed by atoms with Gasteiger partial charge in [0, 0.05) is 17.7 Å². The van der Waals surface area contributed by atoms with Crippen LogP contribution in [0, 0.1) is 0 Å². The number of hydrogen-bond donors (Lipinski definition) is 1. The number of aromatic nitrogens is 4. The molecule has 0 radical (unpaired) electrons. The van der Waals surface area contributed by atoms with Gasteiger partial charge in [0.2, 0.25) is 0 Å². The van der Waals surface area contributed by atoms with Crippen molar-refractivity contribution in [2.24, 2.45) is 0 Å². The summed E-state index contributed by atoms with van der Waals surface area (Å²) in [6.07, 6.45) is 4.44. The third-order valence-corrected chi connectivity index (χ3v) is 3.76. The van der Waals surface area contributed by atoms with E-state index in [1.165, 1.54) is 23.3 Å².